The predicted octanol–water partition coefficient (Wildman–Crippen LogP) is 2.16. The van der Waals surface area contributed by atoms with Gasteiger partial charge in [-0.15, -0.1) is 0 Å². The third kappa shape index (κ3) is 2.53. The standard InChI is InChI=1S/C12H12N2O/c15-12(14-9-1-2-10-14)4-3-11-5-7-13-8-6-11/h1-2,5-10H,3-4H2. The highest BCUT2D eigenvalue weighted by molar-refractivity contribution is 5.79. The van der Waals surface area contributed by atoms with E-state index >= 15 is 0 Å². The highest BCUT2D eigenvalue weighted by Gasteiger charge is 2.03. The minimum absolute atomic E-state index is 0.122. The molecule has 3 heteroatoms. The monoisotopic (exact) mass is 200 g/mol. The van der Waals surface area contributed by atoms with Gasteiger partial charge in [0.05, 0.1) is 0 Å². The van der Waals surface area contributed by atoms with E-state index in [0.717, 1.165) is 12.0 Å². The van der Waals surface area contributed by atoms with Gasteiger partial charge < -0.3 is 0 Å². The SMILES string of the molecule is O=C(CCc1ccncc1)n1cccc1. The van der Waals surface area contributed by atoms with Crippen LogP contribution in [0.4, 0.5) is 0 Å². The zero-order valence-electron chi connectivity index (χ0n) is 8.34. The fraction of sp³-hybridized carbons (Fsp3) is 0.167. The second-order valence-electron chi connectivity index (χ2n) is 3.34. The highest BCUT2D eigenvalue weighted by Crippen LogP contribution is 2.03. The predicted molar refractivity (Wildman–Crippen MR) is 57.6 cm³/mol. The molecule has 3 nitrogen and oxygen atoms in total. The third-order valence-electron chi connectivity index (χ3n) is 2.27. The molecule has 0 fully saturated rings. The van der Waals surface area contributed by atoms with Gasteiger partial charge in [0.1, 0.15) is 0 Å². The summed E-state index contributed by atoms with van der Waals surface area (Å²) in [6.07, 6.45) is 8.33. The number of rotatable bonds is 3. The smallest absolute Gasteiger partial charge is 0.230 e. The topological polar surface area (TPSA) is 34.9 Å². The van der Waals surface area contributed by atoms with Crippen LogP contribution in [0.1, 0.15) is 16.8 Å². The number of aromatic nitrogens is 2. The van der Waals surface area contributed by atoms with E-state index in [9.17, 15) is 4.79 Å². The fourth-order valence-electron chi connectivity index (χ4n) is 1.43. The summed E-state index contributed by atoms with van der Waals surface area (Å²) in [6, 6.07) is 7.57. The van der Waals surface area contributed by atoms with E-state index < -0.39 is 0 Å². The number of carbonyl (C=O) groups is 1. The lowest BCUT2D eigenvalue weighted by molar-refractivity contribution is 0.0903. The van der Waals surface area contributed by atoms with Gasteiger partial charge in [0.25, 0.3) is 0 Å². The van der Waals surface area contributed by atoms with E-state index in [0.29, 0.717) is 6.42 Å². The number of carbonyl (C=O) groups excluding carboxylic acids is 1. The lowest BCUT2D eigenvalue weighted by atomic mass is 10.1. The zero-order chi connectivity index (χ0) is 10.5. The van der Waals surface area contributed by atoms with E-state index in [1.165, 1.54) is 0 Å². The van der Waals surface area contributed by atoms with Gasteiger partial charge in [0, 0.05) is 31.2 Å². The number of hydrogen-bond acceptors (Lipinski definition) is 2. The van der Waals surface area contributed by atoms with Crippen LogP contribution < -0.4 is 0 Å². The van der Waals surface area contributed by atoms with Crippen LogP contribution in [0.25, 0.3) is 0 Å². The molecule has 0 unspecified atom stereocenters. The summed E-state index contributed by atoms with van der Waals surface area (Å²) in [5.41, 5.74) is 1.14. The normalized spacial score (nSPS) is 10.1. The van der Waals surface area contributed by atoms with Crippen LogP contribution in [-0.2, 0) is 6.42 Å². The molecule has 15 heavy (non-hydrogen) atoms. The molecule has 2 heterocycles. The Kier molecular flexibility index (Phi) is 2.93. The van der Waals surface area contributed by atoms with Gasteiger partial charge in [-0.1, -0.05) is 0 Å². The molecular weight excluding hydrogens is 188 g/mol. The maximum absolute atomic E-state index is 11.6. The largest absolute Gasteiger partial charge is 0.295 e. The molecule has 0 aliphatic rings. The molecule has 2 aromatic rings. The average Bonchev–Trinajstić information content (AvgIpc) is 2.81. The molecule has 0 amide bonds. The Morgan fingerprint density at radius 3 is 2.53 bits per heavy atom. The van der Waals surface area contributed by atoms with Gasteiger partial charge in [0.2, 0.25) is 5.91 Å². The molecule has 0 spiro atoms. The van der Waals surface area contributed by atoms with Gasteiger partial charge in [0.15, 0.2) is 0 Å². The minimum atomic E-state index is 0.122. The molecule has 0 saturated carbocycles. The molecule has 0 atom stereocenters. The maximum atomic E-state index is 11.6. The van der Waals surface area contributed by atoms with Gasteiger partial charge in [-0.05, 0) is 36.2 Å². The van der Waals surface area contributed by atoms with Crippen LogP contribution in [0, 0.1) is 0 Å². The molecule has 0 saturated heterocycles. The molecular formula is C12H12N2O. The summed E-state index contributed by atoms with van der Waals surface area (Å²) in [4.78, 5) is 15.6. The number of hydrogen-bond donors (Lipinski definition) is 0. The van der Waals surface area contributed by atoms with Gasteiger partial charge >= 0.3 is 0 Å². The Balaban J connectivity index is 1.92. The number of nitrogens with zero attached hydrogens (tertiary/aromatic N) is 2. The summed E-state index contributed by atoms with van der Waals surface area (Å²) >= 11 is 0. The molecule has 0 aromatic carbocycles. The van der Waals surface area contributed by atoms with Crippen LogP contribution in [0.15, 0.2) is 49.1 Å². The summed E-state index contributed by atoms with van der Waals surface area (Å²) in [6.45, 7) is 0. The van der Waals surface area contributed by atoms with Crippen molar-refractivity contribution in [2.75, 3.05) is 0 Å². The summed E-state index contributed by atoms with van der Waals surface area (Å²) < 4.78 is 1.61. The van der Waals surface area contributed by atoms with Crippen molar-refractivity contribution in [3.8, 4) is 0 Å². The third-order valence-corrected chi connectivity index (χ3v) is 2.27. The van der Waals surface area contributed by atoms with Crippen molar-refractivity contribution in [1.29, 1.82) is 0 Å². The zero-order valence-corrected chi connectivity index (χ0v) is 8.34. The van der Waals surface area contributed by atoms with Crippen molar-refractivity contribution < 1.29 is 4.79 Å². The second kappa shape index (κ2) is 4.55. The summed E-state index contributed by atoms with van der Waals surface area (Å²) in [5.74, 6) is 0.122. The lowest BCUT2D eigenvalue weighted by Gasteiger charge is -2.01. The van der Waals surface area contributed by atoms with Gasteiger partial charge in [-0.2, -0.15) is 0 Å². The molecule has 0 radical (unpaired) electrons. The van der Waals surface area contributed by atoms with E-state index in [4.69, 9.17) is 0 Å². The van der Waals surface area contributed by atoms with Crippen molar-refractivity contribution >= 4 is 5.91 Å². The van der Waals surface area contributed by atoms with Crippen molar-refractivity contribution in [1.82, 2.24) is 9.55 Å². The number of pyridine rings is 1. The minimum Gasteiger partial charge on any atom is -0.295 e. The van der Waals surface area contributed by atoms with Crippen molar-refractivity contribution in [3.05, 3.63) is 54.6 Å². The lowest BCUT2D eigenvalue weighted by Crippen LogP contribution is -2.08. The maximum Gasteiger partial charge on any atom is 0.230 e. The first-order valence-corrected chi connectivity index (χ1v) is 4.91. The molecule has 0 N–H and O–H groups in total. The first-order chi connectivity index (χ1) is 7.36. The van der Waals surface area contributed by atoms with E-state index in [2.05, 4.69) is 4.98 Å². The van der Waals surface area contributed by atoms with E-state index in [1.54, 1.807) is 29.4 Å². The molecule has 0 bridgehead atoms. The van der Waals surface area contributed by atoms with Crippen LogP contribution >= 0.6 is 0 Å². The molecule has 0 aliphatic carbocycles. The Hall–Kier alpha value is -1.90. The van der Waals surface area contributed by atoms with Gasteiger partial charge in [-0.25, -0.2) is 0 Å². The van der Waals surface area contributed by atoms with Crippen LogP contribution in [0.5, 0.6) is 0 Å². The molecule has 76 valence electrons. The summed E-state index contributed by atoms with van der Waals surface area (Å²) in [5, 5.41) is 0. The summed E-state index contributed by atoms with van der Waals surface area (Å²) in [7, 11) is 0. The van der Waals surface area contributed by atoms with Crippen molar-refractivity contribution in [2.24, 2.45) is 0 Å². The Labute approximate surface area is 88.4 Å². The van der Waals surface area contributed by atoms with E-state index in [1.807, 2.05) is 24.3 Å². The van der Waals surface area contributed by atoms with Crippen LogP contribution in [-0.4, -0.2) is 15.5 Å². The number of aryl methyl sites for hydroxylation is 1. The second-order valence-corrected chi connectivity index (χ2v) is 3.34. The van der Waals surface area contributed by atoms with Crippen molar-refractivity contribution in [3.63, 3.8) is 0 Å². The first kappa shape index (κ1) is 9.65. The molecule has 2 aromatic heterocycles. The van der Waals surface area contributed by atoms with Crippen molar-refractivity contribution in [2.45, 2.75) is 12.8 Å². The fourth-order valence-corrected chi connectivity index (χ4v) is 1.43. The quantitative estimate of drug-likeness (QED) is 0.761. The highest BCUT2D eigenvalue weighted by atomic mass is 16.1. The Bertz CT molecular complexity index is 420. The molecule has 2 rings (SSSR count). The Morgan fingerprint density at radius 1 is 1.20 bits per heavy atom. The molecule has 0 aliphatic heterocycles. The van der Waals surface area contributed by atoms with Crippen LogP contribution in [0.3, 0.4) is 0 Å². The van der Waals surface area contributed by atoms with Crippen LogP contribution in [0.2, 0.25) is 0 Å². The van der Waals surface area contributed by atoms with E-state index in [-0.39, 0.29) is 5.91 Å². The Morgan fingerprint density at radius 2 is 1.87 bits per heavy atom. The first-order valence-electron chi connectivity index (χ1n) is 4.91. The average molecular weight is 200 g/mol. The van der Waals surface area contributed by atoms with Gasteiger partial charge in [-0.3, -0.25) is 14.3 Å².